The van der Waals surface area contributed by atoms with Gasteiger partial charge in [0.1, 0.15) is 5.82 Å². The minimum atomic E-state index is -0.366. The van der Waals surface area contributed by atoms with Gasteiger partial charge in [-0.15, -0.1) is 0 Å². The van der Waals surface area contributed by atoms with Crippen LogP contribution in [0.4, 0.5) is 4.39 Å². The molecule has 2 aromatic carbocycles. The minimum absolute atomic E-state index is 0.0594. The van der Waals surface area contributed by atoms with Crippen molar-refractivity contribution in [3.63, 3.8) is 0 Å². The van der Waals surface area contributed by atoms with E-state index in [0.717, 1.165) is 37.1 Å². The second kappa shape index (κ2) is 7.51. The molecule has 2 aliphatic carbocycles. The van der Waals surface area contributed by atoms with E-state index in [9.17, 15) is 9.50 Å². The van der Waals surface area contributed by atoms with E-state index < -0.39 is 0 Å². The number of hydrogen-bond acceptors (Lipinski definition) is 2. The molecule has 4 heteroatoms. The Hall–Kier alpha value is -2.72. The van der Waals surface area contributed by atoms with Crippen LogP contribution in [0, 0.1) is 17.2 Å². The Labute approximate surface area is 176 Å². The first-order chi connectivity index (χ1) is 14.5. The maximum Gasteiger partial charge on any atom is 0.123 e. The van der Waals surface area contributed by atoms with Crippen molar-refractivity contribution in [1.29, 1.82) is 0 Å². The lowest BCUT2D eigenvalue weighted by Crippen LogP contribution is -2.43. The Bertz CT molecular complexity index is 1070. The number of halogens is 1. The fourth-order valence-corrected chi connectivity index (χ4v) is 5.48. The molecule has 1 aromatic heterocycles. The molecule has 30 heavy (non-hydrogen) atoms. The number of aliphatic hydroxyl groups excluding tert-OH is 1. The highest BCUT2D eigenvalue weighted by Gasteiger charge is 2.46. The van der Waals surface area contributed by atoms with Gasteiger partial charge >= 0.3 is 0 Å². The molecule has 154 valence electrons. The number of allylic oxidation sites excluding steroid dienone is 1. The van der Waals surface area contributed by atoms with Crippen molar-refractivity contribution in [3.05, 3.63) is 89.0 Å². The van der Waals surface area contributed by atoms with E-state index in [1.54, 1.807) is 12.1 Å². The molecule has 3 nitrogen and oxygen atoms in total. The number of aromatic nitrogens is 2. The third-order valence-electron chi connectivity index (χ3n) is 7.09. The number of benzene rings is 2. The molecule has 1 heterocycles. The van der Waals surface area contributed by atoms with Gasteiger partial charge in [0.25, 0.3) is 0 Å². The molecule has 0 amide bonds. The van der Waals surface area contributed by atoms with Crippen molar-refractivity contribution in [3.8, 4) is 5.69 Å². The molecule has 5 rings (SSSR count). The van der Waals surface area contributed by atoms with Crippen molar-refractivity contribution in [2.24, 2.45) is 11.3 Å². The fourth-order valence-electron chi connectivity index (χ4n) is 5.48. The van der Waals surface area contributed by atoms with Crippen molar-refractivity contribution < 1.29 is 9.50 Å². The number of fused-ring (bicyclic) bond motifs is 2. The highest BCUT2D eigenvalue weighted by molar-refractivity contribution is 5.61. The quantitative estimate of drug-likeness (QED) is 0.638. The molecule has 1 N–H and O–H groups in total. The molecule has 0 bridgehead atoms. The Kier molecular flexibility index (Phi) is 4.82. The summed E-state index contributed by atoms with van der Waals surface area (Å²) in [6, 6.07) is 16.7. The van der Waals surface area contributed by atoms with Crippen LogP contribution in [0.2, 0.25) is 0 Å². The predicted molar refractivity (Wildman–Crippen MR) is 117 cm³/mol. The van der Waals surface area contributed by atoms with Gasteiger partial charge in [0.05, 0.1) is 23.7 Å². The molecular weight excluding hydrogens is 375 g/mol. The zero-order valence-electron chi connectivity index (χ0n) is 17.3. The summed E-state index contributed by atoms with van der Waals surface area (Å²) in [7, 11) is 0. The molecule has 2 aliphatic rings. The van der Waals surface area contributed by atoms with Gasteiger partial charge in [-0.05, 0) is 84.9 Å². The predicted octanol–water partition coefficient (Wildman–Crippen LogP) is 5.36. The average molecular weight is 403 g/mol. The maximum absolute atomic E-state index is 13.3. The van der Waals surface area contributed by atoms with Crippen LogP contribution in [0.1, 0.15) is 43.0 Å². The molecule has 3 aromatic rings. The first kappa shape index (κ1) is 19.3. The van der Waals surface area contributed by atoms with E-state index in [2.05, 4.69) is 30.2 Å². The number of rotatable bonds is 4. The highest BCUT2D eigenvalue weighted by atomic mass is 19.1. The van der Waals surface area contributed by atoms with Crippen molar-refractivity contribution in [1.82, 2.24) is 9.78 Å². The highest BCUT2D eigenvalue weighted by Crippen LogP contribution is 2.52. The summed E-state index contributed by atoms with van der Waals surface area (Å²) in [5.41, 5.74) is 5.69. The van der Waals surface area contributed by atoms with E-state index in [1.165, 1.54) is 28.8 Å². The SMILES string of the molecule is CC12Cc3cnn(-c4ccc(F)cc4)c3C=C1CCC[C@@H]2[C@@H](O)Cc1ccccc1. The van der Waals surface area contributed by atoms with Crippen LogP contribution < -0.4 is 0 Å². The van der Waals surface area contributed by atoms with E-state index in [-0.39, 0.29) is 23.3 Å². The summed E-state index contributed by atoms with van der Waals surface area (Å²) >= 11 is 0. The minimum Gasteiger partial charge on any atom is -0.392 e. The molecule has 0 spiro atoms. The van der Waals surface area contributed by atoms with E-state index in [0.29, 0.717) is 6.42 Å². The lowest BCUT2D eigenvalue weighted by molar-refractivity contribution is 0.0234. The molecule has 0 saturated heterocycles. The van der Waals surface area contributed by atoms with Crippen LogP contribution in [-0.2, 0) is 12.8 Å². The smallest absolute Gasteiger partial charge is 0.123 e. The fraction of sp³-hybridized carbons (Fsp3) is 0.346. The molecule has 1 saturated carbocycles. The second-order valence-corrected chi connectivity index (χ2v) is 8.96. The van der Waals surface area contributed by atoms with E-state index >= 15 is 0 Å². The first-order valence-electron chi connectivity index (χ1n) is 10.8. The van der Waals surface area contributed by atoms with E-state index in [1.807, 2.05) is 29.1 Å². The zero-order valence-corrected chi connectivity index (χ0v) is 17.3. The number of nitrogens with zero attached hydrogens (tertiary/aromatic N) is 2. The number of hydrogen-bond donors (Lipinski definition) is 1. The third kappa shape index (κ3) is 3.29. The standard InChI is InChI=1S/C26H27FN2O/c1-26-16-19-17-28-29(22-12-10-21(27)11-13-22)24(19)15-20(26)8-5-9-23(26)25(30)14-18-6-3-2-4-7-18/h2-4,6-7,10-13,15,17,23,25,30H,5,8-9,14,16H2,1H3/t23-,25+,26?/m1/s1. The van der Waals surface area contributed by atoms with Crippen LogP contribution in [0.5, 0.6) is 0 Å². The van der Waals surface area contributed by atoms with Gasteiger partial charge in [0.15, 0.2) is 0 Å². The van der Waals surface area contributed by atoms with Gasteiger partial charge in [-0.3, -0.25) is 0 Å². The van der Waals surface area contributed by atoms with Crippen molar-refractivity contribution >= 4 is 6.08 Å². The second-order valence-electron chi connectivity index (χ2n) is 8.96. The summed E-state index contributed by atoms with van der Waals surface area (Å²) in [4.78, 5) is 0. The summed E-state index contributed by atoms with van der Waals surface area (Å²) in [6.45, 7) is 2.31. The van der Waals surface area contributed by atoms with Crippen LogP contribution in [0.3, 0.4) is 0 Å². The molecule has 3 atom stereocenters. The Morgan fingerprint density at radius 1 is 1.17 bits per heavy atom. The van der Waals surface area contributed by atoms with E-state index in [4.69, 9.17) is 0 Å². The average Bonchev–Trinajstić information content (AvgIpc) is 3.14. The lowest BCUT2D eigenvalue weighted by atomic mass is 9.58. The Morgan fingerprint density at radius 2 is 1.93 bits per heavy atom. The van der Waals surface area contributed by atoms with Gasteiger partial charge < -0.3 is 5.11 Å². The van der Waals surface area contributed by atoms with Gasteiger partial charge in [0, 0.05) is 0 Å². The topological polar surface area (TPSA) is 38.0 Å². The largest absolute Gasteiger partial charge is 0.392 e. The zero-order chi connectivity index (χ0) is 20.7. The maximum atomic E-state index is 13.3. The van der Waals surface area contributed by atoms with Gasteiger partial charge in [-0.25, -0.2) is 9.07 Å². The summed E-state index contributed by atoms with van der Waals surface area (Å²) in [5, 5.41) is 15.8. The molecule has 0 radical (unpaired) electrons. The molecule has 1 fully saturated rings. The molecule has 0 aliphatic heterocycles. The van der Waals surface area contributed by atoms with Crippen molar-refractivity contribution in [2.45, 2.75) is 45.1 Å². The van der Waals surface area contributed by atoms with Gasteiger partial charge in [-0.1, -0.05) is 42.8 Å². The van der Waals surface area contributed by atoms with Crippen LogP contribution in [0.25, 0.3) is 11.8 Å². The third-order valence-corrected chi connectivity index (χ3v) is 7.09. The lowest BCUT2D eigenvalue weighted by Gasteiger charge is -2.47. The molecule has 1 unspecified atom stereocenters. The number of aliphatic hydroxyl groups is 1. The van der Waals surface area contributed by atoms with Crippen LogP contribution in [0.15, 0.2) is 66.4 Å². The normalized spacial score (nSPS) is 24.0. The first-order valence-corrected chi connectivity index (χ1v) is 10.8. The Balaban J connectivity index is 1.46. The summed E-state index contributed by atoms with van der Waals surface area (Å²) < 4.78 is 15.3. The summed E-state index contributed by atoms with van der Waals surface area (Å²) in [5.74, 6) is -0.0201. The van der Waals surface area contributed by atoms with Gasteiger partial charge in [-0.2, -0.15) is 5.10 Å². The van der Waals surface area contributed by atoms with Crippen LogP contribution >= 0.6 is 0 Å². The Morgan fingerprint density at radius 3 is 2.70 bits per heavy atom. The van der Waals surface area contributed by atoms with Crippen LogP contribution in [-0.4, -0.2) is 21.0 Å². The van der Waals surface area contributed by atoms with Gasteiger partial charge in [0.2, 0.25) is 0 Å². The monoisotopic (exact) mass is 402 g/mol. The van der Waals surface area contributed by atoms with Crippen molar-refractivity contribution in [2.75, 3.05) is 0 Å². The summed E-state index contributed by atoms with van der Waals surface area (Å²) in [6.07, 6.45) is 8.61. The molecular formula is C26H27FN2O.